The van der Waals surface area contributed by atoms with Crippen LogP contribution in [0.15, 0.2) is 60.0 Å². The van der Waals surface area contributed by atoms with E-state index >= 15 is 0 Å². The molecule has 0 aliphatic heterocycles. The van der Waals surface area contributed by atoms with Gasteiger partial charge in [-0.1, -0.05) is 30.3 Å². The van der Waals surface area contributed by atoms with Gasteiger partial charge in [-0.3, -0.25) is 4.79 Å². The van der Waals surface area contributed by atoms with E-state index in [-0.39, 0.29) is 16.9 Å². The number of thiophene rings is 1. The molecule has 1 unspecified atom stereocenters. The fourth-order valence-corrected chi connectivity index (χ4v) is 3.48. The lowest BCUT2D eigenvalue weighted by molar-refractivity contribution is -0.274. The normalized spacial score (nSPS) is 12.3. The number of nitrogens with one attached hydrogen (secondary N) is 1. The first-order valence-corrected chi connectivity index (χ1v) is 9.28. The van der Waals surface area contributed by atoms with E-state index < -0.39 is 24.3 Å². The van der Waals surface area contributed by atoms with Crippen LogP contribution < -0.4 is 10.1 Å². The number of aliphatic hydroxyl groups is 1. The van der Waals surface area contributed by atoms with Crippen LogP contribution in [-0.4, -0.2) is 28.5 Å². The Morgan fingerprint density at radius 3 is 2.33 bits per heavy atom. The summed E-state index contributed by atoms with van der Waals surface area (Å²) in [6.07, 6.45) is -6.47. The summed E-state index contributed by atoms with van der Waals surface area (Å²) >= 11 is 1.14. The zero-order valence-electron chi connectivity index (χ0n) is 15.0. The summed E-state index contributed by atoms with van der Waals surface area (Å²) in [6, 6.07) is 12.4. The lowest BCUT2D eigenvalue weighted by Crippen LogP contribution is -2.22. The molecule has 1 atom stereocenters. The molecule has 0 spiro atoms. The summed E-state index contributed by atoms with van der Waals surface area (Å²) in [7, 11) is 0. The maximum Gasteiger partial charge on any atom is 0.573 e. The molecule has 0 aliphatic rings. The molecule has 0 fully saturated rings. The van der Waals surface area contributed by atoms with Gasteiger partial charge < -0.3 is 20.3 Å². The second-order valence-electron chi connectivity index (χ2n) is 6.06. The lowest BCUT2D eigenvalue weighted by Gasteiger charge is -2.13. The van der Waals surface area contributed by atoms with Gasteiger partial charge in [-0.2, -0.15) is 0 Å². The number of aromatic carboxylic acids is 1. The van der Waals surface area contributed by atoms with Crippen LogP contribution in [0.5, 0.6) is 5.75 Å². The summed E-state index contributed by atoms with van der Waals surface area (Å²) in [4.78, 5) is 23.6. The molecule has 1 aromatic heterocycles. The number of hydrogen-bond acceptors (Lipinski definition) is 5. The molecular weight excluding hydrogens is 423 g/mol. The van der Waals surface area contributed by atoms with Crippen LogP contribution in [0.3, 0.4) is 0 Å². The van der Waals surface area contributed by atoms with Crippen molar-refractivity contribution in [1.82, 2.24) is 0 Å². The number of carboxylic acids is 1. The standard InChI is InChI=1S/C20H14F3NO5S/c21-20(22,23)29-13-7-5-11(6-8-13)12-9-16(30-10-12)24-18(26)17(25)14-3-1-2-4-15(14)19(27)28/h1-10,17,25H,(H,24,26)(H,27,28). The van der Waals surface area contributed by atoms with Gasteiger partial charge in [0.25, 0.3) is 5.91 Å². The number of halogens is 3. The quantitative estimate of drug-likeness (QED) is 0.520. The van der Waals surface area contributed by atoms with Crippen molar-refractivity contribution in [2.24, 2.45) is 0 Å². The highest BCUT2D eigenvalue weighted by Gasteiger charge is 2.31. The molecule has 3 aromatic rings. The predicted molar refractivity (Wildman–Crippen MR) is 103 cm³/mol. The molecule has 30 heavy (non-hydrogen) atoms. The summed E-state index contributed by atoms with van der Waals surface area (Å²) in [5.74, 6) is -2.44. The van der Waals surface area contributed by atoms with E-state index in [9.17, 15) is 33.0 Å². The minimum absolute atomic E-state index is 0.0421. The third kappa shape index (κ3) is 5.16. The molecule has 0 saturated carbocycles. The Kier molecular flexibility index (Phi) is 6.09. The van der Waals surface area contributed by atoms with Crippen molar-refractivity contribution in [2.75, 3.05) is 5.32 Å². The Labute approximate surface area is 172 Å². The van der Waals surface area contributed by atoms with E-state index in [0.29, 0.717) is 16.1 Å². The van der Waals surface area contributed by atoms with E-state index in [1.165, 1.54) is 48.5 Å². The first kappa shape index (κ1) is 21.3. The Morgan fingerprint density at radius 2 is 1.70 bits per heavy atom. The number of carbonyl (C=O) groups excluding carboxylic acids is 1. The highest BCUT2D eigenvalue weighted by atomic mass is 32.1. The van der Waals surface area contributed by atoms with Gasteiger partial charge in [-0.05, 0) is 35.4 Å². The van der Waals surface area contributed by atoms with E-state index in [2.05, 4.69) is 10.1 Å². The van der Waals surface area contributed by atoms with Crippen molar-refractivity contribution in [3.63, 3.8) is 0 Å². The largest absolute Gasteiger partial charge is 0.573 e. The monoisotopic (exact) mass is 437 g/mol. The van der Waals surface area contributed by atoms with Crippen molar-refractivity contribution in [3.8, 4) is 16.9 Å². The number of carboxylic acid groups (broad SMARTS) is 1. The second-order valence-corrected chi connectivity index (χ2v) is 6.97. The SMILES string of the molecule is O=C(O)c1ccccc1C(O)C(=O)Nc1cc(-c2ccc(OC(F)(F)F)cc2)cs1. The molecule has 0 radical (unpaired) electrons. The van der Waals surface area contributed by atoms with Crippen LogP contribution in [0.1, 0.15) is 22.0 Å². The smallest absolute Gasteiger partial charge is 0.478 e. The highest BCUT2D eigenvalue weighted by Crippen LogP contribution is 2.32. The van der Waals surface area contributed by atoms with Crippen LogP contribution in [0.4, 0.5) is 18.2 Å². The molecule has 3 rings (SSSR count). The Balaban J connectivity index is 1.71. The number of carbonyl (C=O) groups is 2. The second kappa shape index (κ2) is 8.56. The molecule has 6 nitrogen and oxygen atoms in total. The van der Waals surface area contributed by atoms with E-state index in [1.807, 2.05) is 0 Å². The fraction of sp³-hybridized carbons (Fsp3) is 0.100. The average molecular weight is 437 g/mol. The molecule has 2 aromatic carbocycles. The van der Waals surface area contributed by atoms with Crippen LogP contribution in [-0.2, 0) is 4.79 Å². The number of ether oxygens (including phenoxy) is 1. The van der Waals surface area contributed by atoms with Gasteiger partial charge in [0.2, 0.25) is 0 Å². The van der Waals surface area contributed by atoms with E-state index in [0.717, 1.165) is 11.3 Å². The van der Waals surface area contributed by atoms with Crippen molar-refractivity contribution in [1.29, 1.82) is 0 Å². The van der Waals surface area contributed by atoms with Crippen molar-refractivity contribution >= 4 is 28.2 Å². The number of hydrogen-bond donors (Lipinski definition) is 3. The molecule has 156 valence electrons. The van der Waals surface area contributed by atoms with Crippen molar-refractivity contribution in [2.45, 2.75) is 12.5 Å². The van der Waals surface area contributed by atoms with Gasteiger partial charge in [0.15, 0.2) is 6.10 Å². The number of benzene rings is 2. The van der Waals surface area contributed by atoms with Crippen LogP contribution >= 0.6 is 11.3 Å². The van der Waals surface area contributed by atoms with E-state index in [4.69, 9.17) is 0 Å². The van der Waals surface area contributed by atoms with Crippen molar-refractivity contribution < 1.29 is 37.7 Å². The van der Waals surface area contributed by atoms with Gasteiger partial charge in [-0.15, -0.1) is 24.5 Å². The minimum atomic E-state index is -4.78. The minimum Gasteiger partial charge on any atom is -0.478 e. The third-order valence-electron chi connectivity index (χ3n) is 4.00. The van der Waals surface area contributed by atoms with Crippen LogP contribution in [0.2, 0.25) is 0 Å². The summed E-state index contributed by atoms with van der Waals surface area (Å²) in [5, 5.41) is 24.0. The van der Waals surface area contributed by atoms with Gasteiger partial charge in [0, 0.05) is 10.9 Å². The van der Waals surface area contributed by atoms with Gasteiger partial charge in [0.1, 0.15) is 5.75 Å². The number of amides is 1. The first-order chi connectivity index (χ1) is 14.1. The topological polar surface area (TPSA) is 95.9 Å². The number of anilines is 1. The van der Waals surface area contributed by atoms with E-state index in [1.54, 1.807) is 11.4 Å². The molecule has 1 heterocycles. The van der Waals surface area contributed by atoms with Crippen LogP contribution in [0.25, 0.3) is 11.1 Å². The molecule has 0 bridgehead atoms. The molecule has 0 saturated heterocycles. The molecular formula is C20H14F3NO5S. The Morgan fingerprint density at radius 1 is 1.03 bits per heavy atom. The maximum atomic E-state index is 12.3. The Bertz CT molecular complexity index is 1060. The lowest BCUT2D eigenvalue weighted by atomic mass is 10.0. The zero-order valence-corrected chi connectivity index (χ0v) is 15.8. The van der Waals surface area contributed by atoms with Gasteiger partial charge >= 0.3 is 12.3 Å². The average Bonchev–Trinajstić information content (AvgIpc) is 3.15. The summed E-state index contributed by atoms with van der Waals surface area (Å²) in [5.41, 5.74) is 1.00. The number of rotatable bonds is 6. The zero-order chi connectivity index (χ0) is 21.9. The first-order valence-electron chi connectivity index (χ1n) is 8.40. The van der Waals surface area contributed by atoms with Gasteiger partial charge in [0.05, 0.1) is 10.6 Å². The third-order valence-corrected chi connectivity index (χ3v) is 4.85. The predicted octanol–water partition coefficient (Wildman–Crippen LogP) is 4.68. The molecule has 1 amide bonds. The number of alkyl halides is 3. The highest BCUT2D eigenvalue weighted by molar-refractivity contribution is 7.14. The van der Waals surface area contributed by atoms with Crippen LogP contribution in [0, 0.1) is 0 Å². The Hall–Kier alpha value is -3.37. The molecule has 0 aliphatic carbocycles. The fourth-order valence-electron chi connectivity index (χ4n) is 2.66. The summed E-state index contributed by atoms with van der Waals surface area (Å²) < 4.78 is 40.5. The maximum absolute atomic E-state index is 12.3. The van der Waals surface area contributed by atoms with Crippen molar-refractivity contribution in [3.05, 3.63) is 71.1 Å². The van der Waals surface area contributed by atoms with Gasteiger partial charge in [-0.25, -0.2) is 4.79 Å². The number of aliphatic hydroxyl groups excluding tert-OH is 1. The summed E-state index contributed by atoms with van der Waals surface area (Å²) in [6.45, 7) is 0. The molecule has 3 N–H and O–H groups in total. The molecule has 10 heteroatoms.